The van der Waals surface area contributed by atoms with Crippen LogP contribution in [-0.2, 0) is 11.4 Å². The zero-order valence-electron chi connectivity index (χ0n) is 8.08. The third-order valence-electron chi connectivity index (χ3n) is 1.67. The van der Waals surface area contributed by atoms with E-state index in [9.17, 15) is 18.3 Å². The van der Waals surface area contributed by atoms with E-state index in [2.05, 4.69) is 10.3 Å². The Balaban J connectivity index is 2.38. The molecule has 0 heterocycles. The Hall–Kier alpha value is -1.47. The van der Waals surface area contributed by atoms with Gasteiger partial charge in [-0.25, -0.2) is 0 Å². The summed E-state index contributed by atoms with van der Waals surface area (Å²) >= 11 is 0. The summed E-state index contributed by atoms with van der Waals surface area (Å²) < 4.78 is 35.0. The van der Waals surface area contributed by atoms with Crippen LogP contribution < -0.4 is 5.48 Å². The van der Waals surface area contributed by atoms with Crippen molar-refractivity contribution in [1.82, 2.24) is 5.48 Å². The highest BCUT2D eigenvalue weighted by molar-refractivity contribution is 5.38. The highest BCUT2D eigenvalue weighted by Crippen LogP contribution is 2.22. The molecule has 0 unspecified atom stereocenters. The molecule has 0 saturated heterocycles. The lowest BCUT2D eigenvalue weighted by molar-refractivity contribution is -0.190. The molecule has 0 amide bonds. The van der Waals surface area contributed by atoms with Crippen LogP contribution in [0.1, 0.15) is 5.56 Å². The third kappa shape index (κ3) is 4.37. The number of hydrogen-bond acceptors (Lipinski definition) is 4. The molecule has 0 bridgehead atoms. The first-order valence-corrected chi connectivity index (χ1v) is 4.31. The number of phenols is 2. The van der Waals surface area contributed by atoms with Crippen molar-refractivity contribution < 1.29 is 28.2 Å². The van der Waals surface area contributed by atoms with E-state index in [1.54, 1.807) is 0 Å². The fraction of sp³-hybridized carbons (Fsp3) is 0.333. The second kappa shape index (κ2) is 5.04. The molecule has 0 aliphatic carbocycles. The topological polar surface area (TPSA) is 61.7 Å². The van der Waals surface area contributed by atoms with Gasteiger partial charge in [-0.3, -0.25) is 4.84 Å². The average molecular weight is 237 g/mol. The van der Waals surface area contributed by atoms with Gasteiger partial charge in [-0.1, -0.05) is 6.07 Å². The molecule has 0 fully saturated rings. The molecule has 16 heavy (non-hydrogen) atoms. The van der Waals surface area contributed by atoms with Crippen molar-refractivity contribution in [3.8, 4) is 11.5 Å². The van der Waals surface area contributed by atoms with Crippen molar-refractivity contribution in [3.63, 3.8) is 0 Å². The van der Waals surface area contributed by atoms with Crippen molar-refractivity contribution in [1.29, 1.82) is 0 Å². The Kier molecular flexibility index (Phi) is 3.97. The molecule has 0 spiro atoms. The molecule has 0 radical (unpaired) electrons. The fourth-order valence-corrected chi connectivity index (χ4v) is 0.963. The van der Waals surface area contributed by atoms with Gasteiger partial charge in [0, 0.05) is 18.2 Å². The van der Waals surface area contributed by atoms with Crippen molar-refractivity contribution >= 4 is 0 Å². The van der Waals surface area contributed by atoms with Gasteiger partial charge in [-0.15, -0.1) is 0 Å². The van der Waals surface area contributed by atoms with Gasteiger partial charge in [0.1, 0.15) is 11.5 Å². The number of hydroxylamine groups is 1. The van der Waals surface area contributed by atoms with E-state index in [1.165, 1.54) is 12.1 Å². The number of nitrogens with one attached hydrogen (secondary N) is 1. The number of halogens is 3. The van der Waals surface area contributed by atoms with Crippen LogP contribution >= 0.6 is 0 Å². The minimum absolute atomic E-state index is 0.0950. The predicted octanol–water partition coefficient (Wildman–Crippen LogP) is 1.68. The highest BCUT2D eigenvalue weighted by atomic mass is 19.4. The smallest absolute Gasteiger partial charge is 0.413 e. The summed E-state index contributed by atoms with van der Waals surface area (Å²) in [6, 6.07) is 3.76. The van der Waals surface area contributed by atoms with Gasteiger partial charge in [0.25, 0.3) is 0 Å². The molecule has 0 atom stereocenters. The fourth-order valence-electron chi connectivity index (χ4n) is 0.963. The van der Waals surface area contributed by atoms with E-state index in [1.807, 2.05) is 0 Å². The van der Waals surface area contributed by atoms with E-state index in [0.29, 0.717) is 5.56 Å². The normalized spacial score (nSPS) is 11.7. The van der Waals surface area contributed by atoms with Crippen molar-refractivity contribution in [2.24, 2.45) is 0 Å². The Labute approximate surface area is 89.2 Å². The third-order valence-corrected chi connectivity index (χ3v) is 1.67. The lowest BCUT2D eigenvalue weighted by Gasteiger charge is -2.09. The number of alkyl halides is 3. The predicted molar refractivity (Wildman–Crippen MR) is 48.6 cm³/mol. The van der Waals surface area contributed by atoms with Gasteiger partial charge in [0.15, 0.2) is 6.61 Å². The van der Waals surface area contributed by atoms with Crippen molar-refractivity contribution in [2.75, 3.05) is 6.61 Å². The molecule has 4 nitrogen and oxygen atoms in total. The molecular weight excluding hydrogens is 227 g/mol. The standard InChI is InChI=1S/C9H10F3NO3/c10-9(11,12)5-16-13-4-6-1-2-7(14)3-8(6)15/h1-3,13-15H,4-5H2. The van der Waals surface area contributed by atoms with E-state index < -0.39 is 12.8 Å². The molecule has 0 aliphatic heterocycles. The summed E-state index contributed by atoms with van der Waals surface area (Å²) in [6.07, 6.45) is -4.40. The van der Waals surface area contributed by atoms with Crippen LogP contribution in [0.25, 0.3) is 0 Å². The van der Waals surface area contributed by atoms with Gasteiger partial charge in [-0.05, 0) is 6.07 Å². The van der Waals surface area contributed by atoms with E-state index in [4.69, 9.17) is 5.11 Å². The quantitative estimate of drug-likeness (QED) is 0.550. The first-order chi connectivity index (χ1) is 7.38. The Morgan fingerprint density at radius 1 is 1.25 bits per heavy atom. The lowest BCUT2D eigenvalue weighted by atomic mass is 10.2. The van der Waals surface area contributed by atoms with Crippen LogP contribution in [0.2, 0.25) is 0 Å². The minimum atomic E-state index is -4.40. The Bertz CT molecular complexity index is 354. The second-order valence-electron chi connectivity index (χ2n) is 3.04. The van der Waals surface area contributed by atoms with E-state index in [0.717, 1.165) is 6.07 Å². The zero-order valence-corrected chi connectivity index (χ0v) is 8.08. The summed E-state index contributed by atoms with van der Waals surface area (Å²) in [7, 11) is 0. The van der Waals surface area contributed by atoms with Gasteiger partial charge < -0.3 is 10.2 Å². The van der Waals surface area contributed by atoms with Crippen LogP contribution in [0.15, 0.2) is 18.2 Å². The Morgan fingerprint density at radius 3 is 2.50 bits per heavy atom. The van der Waals surface area contributed by atoms with Crippen LogP contribution in [0, 0.1) is 0 Å². The minimum Gasteiger partial charge on any atom is -0.508 e. The summed E-state index contributed by atoms with van der Waals surface area (Å²) in [5.41, 5.74) is 2.38. The number of rotatable bonds is 4. The monoisotopic (exact) mass is 237 g/mol. The zero-order chi connectivity index (χ0) is 12.2. The van der Waals surface area contributed by atoms with Crippen LogP contribution in [0.3, 0.4) is 0 Å². The molecule has 1 aromatic rings. The van der Waals surface area contributed by atoms with Crippen molar-refractivity contribution in [3.05, 3.63) is 23.8 Å². The molecule has 90 valence electrons. The largest absolute Gasteiger partial charge is 0.508 e. The maximum Gasteiger partial charge on any atom is 0.413 e. The SMILES string of the molecule is Oc1ccc(CNOCC(F)(F)F)c(O)c1. The molecule has 1 rings (SSSR count). The van der Waals surface area contributed by atoms with Crippen LogP contribution in [0.5, 0.6) is 11.5 Å². The van der Waals surface area contributed by atoms with Crippen molar-refractivity contribution in [2.45, 2.75) is 12.7 Å². The van der Waals surface area contributed by atoms with Gasteiger partial charge in [-0.2, -0.15) is 18.7 Å². The molecule has 0 saturated carbocycles. The van der Waals surface area contributed by atoms with Gasteiger partial charge in [0.2, 0.25) is 0 Å². The molecule has 0 aliphatic rings. The maximum absolute atomic E-state index is 11.7. The first kappa shape index (κ1) is 12.6. The molecule has 0 aromatic heterocycles. The summed E-state index contributed by atoms with van der Waals surface area (Å²) in [4.78, 5) is 4.14. The second-order valence-corrected chi connectivity index (χ2v) is 3.04. The number of hydrogen-bond donors (Lipinski definition) is 3. The molecule has 1 aromatic carbocycles. The molecule has 3 N–H and O–H groups in total. The Morgan fingerprint density at radius 2 is 1.94 bits per heavy atom. The number of aromatic hydroxyl groups is 2. The van der Waals surface area contributed by atoms with Gasteiger partial charge >= 0.3 is 6.18 Å². The summed E-state index contributed by atoms with van der Waals surface area (Å²) in [5, 5.41) is 18.2. The molecule has 7 heteroatoms. The van der Waals surface area contributed by atoms with E-state index >= 15 is 0 Å². The average Bonchev–Trinajstić information content (AvgIpc) is 2.13. The maximum atomic E-state index is 11.7. The highest BCUT2D eigenvalue weighted by Gasteiger charge is 2.27. The number of phenolic OH excluding ortho intramolecular Hbond substituents is 2. The molecular formula is C9H10F3NO3. The van der Waals surface area contributed by atoms with Crippen LogP contribution in [0.4, 0.5) is 13.2 Å². The van der Waals surface area contributed by atoms with Crippen LogP contribution in [-0.4, -0.2) is 23.0 Å². The lowest BCUT2D eigenvalue weighted by Crippen LogP contribution is -2.24. The van der Waals surface area contributed by atoms with Gasteiger partial charge in [0.05, 0.1) is 0 Å². The summed E-state index contributed by atoms with van der Waals surface area (Å²) in [5.74, 6) is -0.347. The first-order valence-electron chi connectivity index (χ1n) is 4.31. The van der Waals surface area contributed by atoms with E-state index in [-0.39, 0.29) is 18.0 Å². The number of benzene rings is 1. The summed E-state index contributed by atoms with van der Waals surface area (Å²) in [6.45, 7) is -1.51.